The van der Waals surface area contributed by atoms with Crippen molar-refractivity contribution < 1.29 is 0 Å². The van der Waals surface area contributed by atoms with Crippen LogP contribution in [0.1, 0.15) is 0 Å². The molecule has 0 N–H and O–H groups in total. The number of pyridine rings is 1. The molecule has 2 nitrogen and oxygen atoms in total. The van der Waals surface area contributed by atoms with Gasteiger partial charge in [-0.2, -0.15) is 0 Å². The van der Waals surface area contributed by atoms with Crippen LogP contribution in [0.15, 0.2) is 48.7 Å². The molecule has 4 heteroatoms. The lowest BCUT2D eigenvalue weighted by atomic mass is 10.2. The quantitative estimate of drug-likeness (QED) is 0.597. The van der Waals surface area contributed by atoms with E-state index in [9.17, 15) is 0 Å². The van der Waals surface area contributed by atoms with Crippen molar-refractivity contribution in [2.24, 2.45) is 0 Å². The lowest BCUT2D eigenvalue weighted by molar-refractivity contribution is 1.15. The molecule has 0 spiro atoms. The van der Waals surface area contributed by atoms with Gasteiger partial charge in [-0.05, 0) is 34.7 Å². The zero-order chi connectivity index (χ0) is 11.8. The highest BCUT2D eigenvalue weighted by atomic mass is 127. The first kappa shape index (κ1) is 11.0. The summed E-state index contributed by atoms with van der Waals surface area (Å²) in [7, 11) is 0. The molecule has 0 bridgehead atoms. The minimum absolute atomic E-state index is 0.715. The molecule has 84 valence electrons. The third kappa shape index (κ3) is 1.93. The Morgan fingerprint density at radius 2 is 1.82 bits per heavy atom. The monoisotopic (exact) mass is 354 g/mol. The molecule has 0 unspecified atom stereocenters. The number of imidazole rings is 1. The van der Waals surface area contributed by atoms with Crippen LogP contribution in [0.3, 0.4) is 0 Å². The van der Waals surface area contributed by atoms with Crippen molar-refractivity contribution in [2.75, 3.05) is 0 Å². The van der Waals surface area contributed by atoms with Crippen LogP contribution in [-0.2, 0) is 0 Å². The van der Waals surface area contributed by atoms with Crippen LogP contribution < -0.4 is 0 Å². The van der Waals surface area contributed by atoms with Gasteiger partial charge in [0.25, 0.3) is 0 Å². The number of rotatable bonds is 1. The van der Waals surface area contributed by atoms with E-state index >= 15 is 0 Å². The summed E-state index contributed by atoms with van der Waals surface area (Å²) in [5.74, 6) is 0. The van der Waals surface area contributed by atoms with Gasteiger partial charge < -0.3 is 0 Å². The average molecular weight is 355 g/mol. The third-order valence-electron chi connectivity index (χ3n) is 2.57. The van der Waals surface area contributed by atoms with E-state index in [1.54, 1.807) is 0 Å². The van der Waals surface area contributed by atoms with Crippen LogP contribution >= 0.6 is 34.2 Å². The maximum absolute atomic E-state index is 5.99. The number of halogens is 2. The summed E-state index contributed by atoms with van der Waals surface area (Å²) < 4.78 is 3.08. The maximum Gasteiger partial charge on any atom is 0.138 e. The van der Waals surface area contributed by atoms with Gasteiger partial charge in [0.2, 0.25) is 0 Å². The number of fused-ring (bicyclic) bond motifs is 1. The molecule has 3 aromatic rings. The van der Waals surface area contributed by atoms with Gasteiger partial charge in [0.1, 0.15) is 15.0 Å². The van der Waals surface area contributed by atoms with E-state index in [1.165, 1.54) is 0 Å². The second-order valence-corrected chi connectivity index (χ2v) is 5.15. The summed E-state index contributed by atoms with van der Waals surface area (Å²) in [6.45, 7) is 0. The predicted molar refractivity (Wildman–Crippen MR) is 78.4 cm³/mol. The molecule has 0 aliphatic rings. The van der Waals surface area contributed by atoms with E-state index in [1.807, 2.05) is 40.9 Å². The van der Waals surface area contributed by atoms with Crippen molar-refractivity contribution in [1.82, 2.24) is 9.38 Å². The van der Waals surface area contributed by atoms with Crippen molar-refractivity contribution in [3.05, 3.63) is 57.4 Å². The molecule has 0 aliphatic heterocycles. The van der Waals surface area contributed by atoms with Crippen LogP contribution in [0.25, 0.3) is 16.9 Å². The molecule has 1 aromatic carbocycles. The van der Waals surface area contributed by atoms with Gasteiger partial charge in [-0.15, -0.1) is 0 Å². The molecule has 2 aromatic heterocycles. The predicted octanol–water partition coefficient (Wildman–Crippen LogP) is 4.26. The molecular weight excluding hydrogens is 347 g/mol. The Morgan fingerprint density at radius 1 is 1.06 bits per heavy atom. The molecule has 2 heterocycles. The highest BCUT2D eigenvalue weighted by Crippen LogP contribution is 2.26. The number of aromatic nitrogens is 2. The van der Waals surface area contributed by atoms with E-state index in [-0.39, 0.29) is 0 Å². The number of hydrogen-bond acceptors (Lipinski definition) is 1. The van der Waals surface area contributed by atoms with Crippen LogP contribution in [0, 0.1) is 3.70 Å². The smallest absolute Gasteiger partial charge is 0.138 e. The molecule has 0 fully saturated rings. The van der Waals surface area contributed by atoms with E-state index in [4.69, 9.17) is 11.6 Å². The van der Waals surface area contributed by atoms with Gasteiger partial charge >= 0.3 is 0 Å². The largest absolute Gasteiger partial charge is 0.293 e. The average Bonchev–Trinajstić information content (AvgIpc) is 2.68. The SMILES string of the molecule is Clc1ccc2nc(-c3ccccc3)c(I)n2c1. The minimum atomic E-state index is 0.715. The number of nitrogens with zero attached hydrogens (tertiary/aromatic N) is 2. The maximum atomic E-state index is 5.99. The molecule has 0 atom stereocenters. The fourth-order valence-corrected chi connectivity index (χ4v) is 2.75. The Hall–Kier alpha value is -1.07. The van der Waals surface area contributed by atoms with E-state index < -0.39 is 0 Å². The van der Waals surface area contributed by atoms with Gasteiger partial charge in [-0.1, -0.05) is 41.9 Å². The fraction of sp³-hybridized carbons (Fsp3) is 0. The topological polar surface area (TPSA) is 17.3 Å². The molecule has 0 amide bonds. The molecule has 0 saturated carbocycles. The summed E-state index contributed by atoms with van der Waals surface area (Å²) in [5, 5.41) is 0.715. The van der Waals surface area contributed by atoms with Crippen molar-refractivity contribution in [2.45, 2.75) is 0 Å². The zero-order valence-corrected chi connectivity index (χ0v) is 11.7. The fourth-order valence-electron chi connectivity index (χ4n) is 1.77. The highest BCUT2D eigenvalue weighted by Gasteiger charge is 2.11. The first-order valence-electron chi connectivity index (χ1n) is 5.14. The Balaban J connectivity index is 2.28. The van der Waals surface area contributed by atoms with E-state index in [0.29, 0.717) is 5.02 Å². The Bertz CT molecular complexity index is 676. The lowest BCUT2D eigenvalue weighted by Crippen LogP contribution is -1.86. The van der Waals surface area contributed by atoms with E-state index in [0.717, 1.165) is 20.6 Å². The standard InChI is InChI=1S/C13H8ClIN2/c14-10-6-7-11-16-12(13(15)17(11)8-10)9-4-2-1-3-5-9/h1-8H. The minimum Gasteiger partial charge on any atom is -0.293 e. The van der Waals surface area contributed by atoms with Crippen molar-refractivity contribution in [3.8, 4) is 11.3 Å². The van der Waals surface area contributed by atoms with Crippen LogP contribution in [0.4, 0.5) is 0 Å². The van der Waals surface area contributed by atoms with Gasteiger partial charge in [0.15, 0.2) is 0 Å². The summed E-state index contributed by atoms with van der Waals surface area (Å²) >= 11 is 8.29. The molecular formula is C13H8ClIN2. The summed E-state index contributed by atoms with van der Waals surface area (Å²) in [6, 6.07) is 13.9. The molecule has 0 saturated heterocycles. The Labute approximate surface area is 117 Å². The van der Waals surface area contributed by atoms with Gasteiger partial charge in [-0.25, -0.2) is 4.98 Å². The Morgan fingerprint density at radius 3 is 2.59 bits per heavy atom. The highest BCUT2D eigenvalue weighted by molar-refractivity contribution is 14.1. The molecule has 0 aliphatic carbocycles. The lowest BCUT2D eigenvalue weighted by Gasteiger charge is -1.97. The van der Waals surface area contributed by atoms with E-state index in [2.05, 4.69) is 39.7 Å². The normalized spacial score (nSPS) is 10.9. The summed E-state index contributed by atoms with van der Waals surface area (Å²) in [4.78, 5) is 4.62. The first-order valence-corrected chi connectivity index (χ1v) is 6.60. The van der Waals surface area contributed by atoms with Crippen LogP contribution in [-0.4, -0.2) is 9.38 Å². The van der Waals surface area contributed by atoms with Crippen molar-refractivity contribution in [1.29, 1.82) is 0 Å². The summed E-state index contributed by atoms with van der Waals surface area (Å²) in [6.07, 6.45) is 1.89. The van der Waals surface area contributed by atoms with Crippen LogP contribution in [0.2, 0.25) is 5.02 Å². The molecule has 17 heavy (non-hydrogen) atoms. The molecule has 0 radical (unpaired) electrons. The second-order valence-electron chi connectivity index (χ2n) is 3.69. The number of hydrogen-bond donors (Lipinski definition) is 0. The van der Waals surface area contributed by atoms with Gasteiger partial charge in [-0.3, -0.25) is 4.40 Å². The third-order valence-corrected chi connectivity index (χ3v) is 3.83. The Kier molecular flexibility index (Phi) is 2.80. The molecule has 3 rings (SSSR count). The summed E-state index contributed by atoms with van der Waals surface area (Å²) in [5.41, 5.74) is 3.03. The van der Waals surface area contributed by atoms with Crippen molar-refractivity contribution >= 4 is 39.8 Å². The number of benzene rings is 1. The second kappa shape index (κ2) is 4.31. The van der Waals surface area contributed by atoms with Gasteiger partial charge in [0.05, 0.1) is 5.02 Å². The van der Waals surface area contributed by atoms with Crippen molar-refractivity contribution in [3.63, 3.8) is 0 Å². The van der Waals surface area contributed by atoms with Crippen LogP contribution in [0.5, 0.6) is 0 Å². The first-order chi connectivity index (χ1) is 8.25. The van der Waals surface area contributed by atoms with Gasteiger partial charge in [0, 0.05) is 11.8 Å². The zero-order valence-electron chi connectivity index (χ0n) is 8.77.